The molecule has 0 fully saturated rings. The highest BCUT2D eigenvalue weighted by Gasteiger charge is 2.25. The second-order valence-corrected chi connectivity index (χ2v) is 8.46. The van der Waals surface area contributed by atoms with Crippen LogP contribution in [0.25, 0.3) is 16.6 Å². The van der Waals surface area contributed by atoms with Crippen molar-refractivity contribution < 1.29 is 18.0 Å². The molecule has 1 aromatic heterocycles. The molecule has 3 aromatic carbocycles. The molecular weight excluding hydrogens is 425 g/mol. The zero-order valence-corrected chi connectivity index (χ0v) is 18.0. The number of aromatic nitrogens is 1. The maximum atomic E-state index is 14.1. The summed E-state index contributed by atoms with van der Waals surface area (Å²) in [5.74, 6) is -0.936. The quantitative estimate of drug-likeness (QED) is 0.335. The smallest absolute Gasteiger partial charge is 0.162 e. The van der Waals surface area contributed by atoms with Crippen LogP contribution in [0.3, 0.4) is 0 Å². The van der Waals surface area contributed by atoms with Crippen molar-refractivity contribution in [2.75, 3.05) is 13.1 Å². The van der Waals surface area contributed by atoms with E-state index >= 15 is 0 Å². The van der Waals surface area contributed by atoms with Gasteiger partial charge in [-0.25, -0.2) is 13.2 Å². The molecule has 3 nitrogen and oxygen atoms in total. The van der Waals surface area contributed by atoms with Gasteiger partial charge in [0.05, 0.1) is 5.52 Å². The molecule has 0 unspecified atom stereocenters. The largest absolute Gasteiger partial charge is 0.313 e. The molecule has 4 aromatic rings. The van der Waals surface area contributed by atoms with Gasteiger partial charge in [0.25, 0.3) is 0 Å². The van der Waals surface area contributed by atoms with E-state index in [2.05, 4.69) is 9.47 Å². The van der Waals surface area contributed by atoms with Crippen LogP contribution in [0.5, 0.6) is 0 Å². The molecule has 0 N–H and O–H groups in total. The van der Waals surface area contributed by atoms with Crippen LogP contribution in [0.4, 0.5) is 13.2 Å². The van der Waals surface area contributed by atoms with Gasteiger partial charge in [-0.15, -0.1) is 0 Å². The van der Waals surface area contributed by atoms with E-state index in [1.165, 1.54) is 42.5 Å². The fraction of sp³-hybridized carbons (Fsp3) is 0.222. The number of rotatable bonds is 6. The number of hydrogen-bond acceptors (Lipinski definition) is 2. The molecule has 0 saturated heterocycles. The van der Waals surface area contributed by atoms with Crippen LogP contribution in [0.1, 0.15) is 34.5 Å². The SMILES string of the molecule is O=C(CCCN1CCc2c(c3cc(F)ccc3n2-c2ccc(F)cc2)C1)c1ccc(F)cc1. The van der Waals surface area contributed by atoms with E-state index in [1.54, 1.807) is 24.3 Å². The van der Waals surface area contributed by atoms with Crippen molar-refractivity contribution in [2.45, 2.75) is 25.8 Å². The molecule has 0 aliphatic carbocycles. The van der Waals surface area contributed by atoms with Crippen molar-refractivity contribution in [3.05, 3.63) is 101 Å². The van der Waals surface area contributed by atoms with Crippen LogP contribution in [-0.2, 0) is 13.0 Å². The Balaban J connectivity index is 1.35. The molecule has 1 aliphatic rings. The Bertz CT molecular complexity index is 1310. The number of Topliss-reactive ketones (excluding diaryl/α,β-unsaturated/α-hetero) is 1. The van der Waals surface area contributed by atoms with Crippen molar-refractivity contribution in [3.63, 3.8) is 0 Å². The van der Waals surface area contributed by atoms with Crippen LogP contribution in [0.15, 0.2) is 66.7 Å². The second-order valence-electron chi connectivity index (χ2n) is 8.46. The highest BCUT2D eigenvalue weighted by Crippen LogP contribution is 2.34. The first-order valence-electron chi connectivity index (χ1n) is 11.1. The van der Waals surface area contributed by atoms with Crippen molar-refractivity contribution in [1.29, 1.82) is 0 Å². The standard InChI is InChI=1S/C27H23F3N2O/c28-19-5-3-18(4-6-19)27(33)2-1-14-31-15-13-26-24(17-31)23-16-21(30)9-12-25(23)32(26)22-10-7-20(29)8-11-22/h3-12,16H,1-2,13-15,17H2. The van der Waals surface area contributed by atoms with Gasteiger partial charge in [0, 0.05) is 48.3 Å². The Morgan fingerprint density at radius 1 is 0.848 bits per heavy atom. The van der Waals surface area contributed by atoms with E-state index in [0.29, 0.717) is 24.9 Å². The predicted octanol–water partition coefficient (Wildman–Crippen LogP) is 6.07. The van der Waals surface area contributed by atoms with E-state index in [1.807, 2.05) is 0 Å². The van der Waals surface area contributed by atoms with E-state index in [4.69, 9.17) is 0 Å². The molecule has 5 rings (SSSR count). The minimum Gasteiger partial charge on any atom is -0.313 e. The molecule has 0 atom stereocenters. The molecule has 0 radical (unpaired) electrons. The molecule has 0 saturated carbocycles. The molecule has 1 aliphatic heterocycles. The fourth-order valence-electron chi connectivity index (χ4n) is 4.71. The third kappa shape index (κ3) is 4.31. The summed E-state index contributed by atoms with van der Waals surface area (Å²) in [6, 6.07) is 16.8. The summed E-state index contributed by atoms with van der Waals surface area (Å²) in [6.45, 7) is 2.22. The van der Waals surface area contributed by atoms with Crippen LogP contribution in [0, 0.1) is 17.5 Å². The van der Waals surface area contributed by atoms with Crippen LogP contribution in [0.2, 0.25) is 0 Å². The van der Waals surface area contributed by atoms with Gasteiger partial charge in [-0.2, -0.15) is 0 Å². The van der Waals surface area contributed by atoms with Crippen molar-refractivity contribution in [2.24, 2.45) is 0 Å². The molecule has 0 spiro atoms. The Labute approximate surface area is 190 Å². The zero-order chi connectivity index (χ0) is 22.9. The highest BCUT2D eigenvalue weighted by molar-refractivity contribution is 5.96. The predicted molar refractivity (Wildman–Crippen MR) is 122 cm³/mol. The van der Waals surface area contributed by atoms with Crippen LogP contribution in [-0.4, -0.2) is 28.3 Å². The number of halogens is 3. The zero-order valence-electron chi connectivity index (χ0n) is 18.0. The highest BCUT2D eigenvalue weighted by atomic mass is 19.1. The Hall–Kier alpha value is -3.38. The molecule has 2 heterocycles. The van der Waals surface area contributed by atoms with Crippen molar-refractivity contribution >= 4 is 16.7 Å². The summed E-state index contributed by atoms with van der Waals surface area (Å²) in [6.07, 6.45) is 1.85. The molecule has 33 heavy (non-hydrogen) atoms. The lowest BCUT2D eigenvalue weighted by molar-refractivity contribution is 0.0973. The summed E-state index contributed by atoms with van der Waals surface area (Å²) in [5.41, 5.74) is 4.47. The summed E-state index contributed by atoms with van der Waals surface area (Å²) in [4.78, 5) is 14.7. The van der Waals surface area contributed by atoms with E-state index in [-0.39, 0.29) is 23.2 Å². The summed E-state index contributed by atoms with van der Waals surface area (Å²) in [5, 5.41) is 0.862. The number of nitrogens with zero attached hydrogens (tertiary/aromatic N) is 2. The maximum absolute atomic E-state index is 14.1. The van der Waals surface area contributed by atoms with Gasteiger partial charge in [-0.3, -0.25) is 9.69 Å². The monoisotopic (exact) mass is 448 g/mol. The first-order chi connectivity index (χ1) is 16.0. The van der Waals surface area contributed by atoms with E-state index < -0.39 is 0 Å². The van der Waals surface area contributed by atoms with Gasteiger partial charge in [0.2, 0.25) is 0 Å². The minimum absolute atomic E-state index is 0.00248. The second kappa shape index (κ2) is 8.87. The lowest BCUT2D eigenvalue weighted by Crippen LogP contribution is -2.32. The van der Waals surface area contributed by atoms with Gasteiger partial charge >= 0.3 is 0 Å². The maximum Gasteiger partial charge on any atom is 0.162 e. The summed E-state index contributed by atoms with van der Waals surface area (Å²) < 4.78 is 42.8. The van der Waals surface area contributed by atoms with E-state index in [0.717, 1.165) is 47.4 Å². The van der Waals surface area contributed by atoms with Crippen LogP contribution < -0.4 is 0 Å². The van der Waals surface area contributed by atoms with Crippen molar-refractivity contribution in [3.8, 4) is 5.69 Å². The average Bonchev–Trinajstić information content (AvgIpc) is 3.13. The number of benzene rings is 3. The normalized spacial score (nSPS) is 13.9. The van der Waals surface area contributed by atoms with E-state index in [9.17, 15) is 18.0 Å². The van der Waals surface area contributed by atoms with Gasteiger partial charge < -0.3 is 4.57 Å². The Morgan fingerprint density at radius 2 is 1.52 bits per heavy atom. The molecule has 0 amide bonds. The number of fused-ring (bicyclic) bond motifs is 3. The molecule has 0 bridgehead atoms. The first-order valence-corrected chi connectivity index (χ1v) is 11.1. The summed E-state index contributed by atoms with van der Waals surface area (Å²) in [7, 11) is 0. The Kier molecular flexibility index (Phi) is 5.77. The lowest BCUT2D eigenvalue weighted by Gasteiger charge is -2.28. The van der Waals surface area contributed by atoms with Crippen molar-refractivity contribution in [1.82, 2.24) is 9.47 Å². The lowest BCUT2D eigenvalue weighted by atomic mass is 10.0. The third-order valence-electron chi connectivity index (χ3n) is 6.32. The topological polar surface area (TPSA) is 25.2 Å². The first kappa shape index (κ1) is 21.5. The van der Waals surface area contributed by atoms with Crippen LogP contribution >= 0.6 is 0 Å². The Morgan fingerprint density at radius 3 is 2.24 bits per heavy atom. The van der Waals surface area contributed by atoms with Gasteiger partial charge in [-0.05, 0) is 85.3 Å². The number of hydrogen-bond donors (Lipinski definition) is 0. The number of carbonyl (C=O) groups excluding carboxylic acids is 1. The molecular formula is C27H23F3N2O. The molecule has 6 heteroatoms. The molecule has 168 valence electrons. The number of carbonyl (C=O) groups is 1. The van der Waals surface area contributed by atoms with Gasteiger partial charge in [0.1, 0.15) is 17.5 Å². The fourth-order valence-corrected chi connectivity index (χ4v) is 4.71. The average molecular weight is 448 g/mol. The van der Waals surface area contributed by atoms with Gasteiger partial charge in [0.15, 0.2) is 5.78 Å². The third-order valence-corrected chi connectivity index (χ3v) is 6.32. The summed E-state index contributed by atoms with van der Waals surface area (Å²) >= 11 is 0. The number of ketones is 1. The minimum atomic E-state index is -0.355. The van der Waals surface area contributed by atoms with Gasteiger partial charge in [-0.1, -0.05) is 0 Å².